The number of hydrogen-bond acceptors (Lipinski definition) is 4. The SMILES string of the molecule is Cc1cc(C2CN(C(=O)c3cccc(C(C)C)c3)CC(F)(F)C2)n2ncnc2n1. The highest BCUT2D eigenvalue weighted by Crippen LogP contribution is 2.37. The molecule has 1 saturated heterocycles. The molecule has 4 rings (SSSR count). The molecule has 0 radical (unpaired) electrons. The molecule has 0 spiro atoms. The van der Waals surface area contributed by atoms with Gasteiger partial charge in [0.1, 0.15) is 6.33 Å². The molecule has 0 aliphatic carbocycles. The molecule has 152 valence electrons. The van der Waals surface area contributed by atoms with Gasteiger partial charge in [-0.3, -0.25) is 4.79 Å². The lowest BCUT2D eigenvalue weighted by atomic mass is 9.91. The predicted octanol–water partition coefficient (Wildman–Crippen LogP) is 3.82. The topological polar surface area (TPSA) is 63.4 Å². The van der Waals surface area contributed by atoms with Crippen molar-refractivity contribution in [1.29, 1.82) is 0 Å². The number of fused-ring (bicyclic) bond motifs is 1. The monoisotopic (exact) mass is 399 g/mol. The average molecular weight is 399 g/mol. The second-order valence-electron chi connectivity index (χ2n) is 8.02. The molecule has 1 aliphatic heterocycles. The number of amides is 1. The Morgan fingerprint density at radius 2 is 2.07 bits per heavy atom. The average Bonchev–Trinajstić information content (AvgIpc) is 3.13. The van der Waals surface area contributed by atoms with Gasteiger partial charge in [0.25, 0.3) is 17.6 Å². The summed E-state index contributed by atoms with van der Waals surface area (Å²) in [6.07, 6.45) is 1.01. The van der Waals surface area contributed by atoms with Crippen molar-refractivity contribution in [3.05, 3.63) is 59.2 Å². The van der Waals surface area contributed by atoms with Crippen molar-refractivity contribution >= 4 is 11.7 Å². The highest BCUT2D eigenvalue weighted by atomic mass is 19.3. The molecular formula is C21H23F2N5O. The number of halogens is 2. The second-order valence-corrected chi connectivity index (χ2v) is 8.02. The molecular weight excluding hydrogens is 376 g/mol. The first-order valence-electron chi connectivity index (χ1n) is 9.68. The van der Waals surface area contributed by atoms with E-state index in [4.69, 9.17) is 0 Å². The fourth-order valence-electron chi connectivity index (χ4n) is 3.92. The van der Waals surface area contributed by atoms with Gasteiger partial charge in [0.2, 0.25) is 0 Å². The summed E-state index contributed by atoms with van der Waals surface area (Å²) in [7, 11) is 0. The first-order chi connectivity index (χ1) is 13.7. The fourth-order valence-corrected chi connectivity index (χ4v) is 3.92. The van der Waals surface area contributed by atoms with E-state index in [9.17, 15) is 13.6 Å². The van der Waals surface area contributed by atoms with E-state index in [1.807, 2.05) is 19.9 Å². The molecule has 0 N–H and O–H groups in total. The standard InChI is InChI=1S/C21H23F2N5O/c1-13(2)15-5-4-6-16(8-15)19(29)27-10-17(9-21(22,23)11-27)18-7-14(3)26-20-24-12-25-28(18)20/h4-8,12-13,17H,9-11H2,1-3H3. The van der Waals surface area contributed by atoms with Crippen LogP contribution in [0.5, 0.6) is 0 Å². The second kappa shape index (κ2) is 7.17. The summed E-state index contributed by atoms with van der Waals surface area (Å²) in [6.45, 7) is 5.46. The van der Waals surface area contributed by atoms with Gasteiger partial charge >= 0.3 is 0 Å². The molecule has 1 fully saturated rings. The van der Waals surface area contributed by atoms with E-state index in [0.717, 1.165) is 5.56 Å². The minimum Gasteiger partial charge on any atom is -0.332 e. The van der Waals surface area contributed by atoms with E-state index in [1.165, 1.54) is 15.7 Å². The lowest BCUT2D eigenvalue weighted by Crippen LogP contribution is -2.49. The van der Waals surface area contributed by atoms with E-state index in [1.54, 1.807) is 31.2 Å². The molecule has 3 aromatic rings. The molecule has 1 amide bonds. The number of hydrogen-bond donors (Lipinski definition) is 0. The molecule has 1 aromatic carbocycles. The van der Waals surface area contributed by atoms with Crippen LogP contribution in [0.1, 0.15) is 59.4 Å². The molecule has 29 heavy (non-hydrogen) atoms. The van der Waals surface area contributed by atoms with Gasteiger partial charge in [-0.05, 0) is 36.6 Å². The van der Waals surface area contributed by atoms with Crippen molar-refractivity contribution < 1.29 is 13.6 Å². The number of nitrogens with zero attached hydrogens (tertiary/aromatic N) is 5. The van der Waals surface area contributed by atoms with Crippen LogP contribution >= 0.6 is 0 Å². The number of carbonyl (C=O) groups is 1. The highest BCUT2D eigenvalue weighted by Gasteiger charge is 2.43. The molecule has 3 heterocycles. The van der Waals surface area contributed by atoms with E-state index in [2.05, 4.69) is 15.1 Å². The van der Waals surface area contributed by atoms with Gasteiger partial charge in [0, 0.05) is 30.1 Å². The van der Waals surface area contributed by atoms with Crippen LogP contribution in [0.2, 0.25) is 0 Å². The molecule has 8 heteroatoms. The molecule has 0 saturated carbocycles. The van der Waals surface area contributed by atoms with E-state index in [0.29, 0.717) is 22.7 Å². The van der Waals surface area contributed by atoms with Crippen LogP contribution in [-0.2, 0) is 0 Å². The maximum absolute atomic E-state index is 14.6. The lowest BCUT2D eigenvalue weighted by molar-refractivity contribution is -0.0641. The maximum Gasteiger partial charge on any atom is 0.266 e. The minimum absolute atomic E-state index is 0.193. The van der Waals surface area contributed by atoms with E-state index >= 15 is 0 Å². The van der Waals surface area contributed by atoms with E-state index in [-0.39, 0.29) is 24.8 Å². The van der Waals surface area contributed by atoms with Gasteiger partial charge in [-0.25, -0.2) is 18.3 Å². The van der Waals surface area contributed by atoms with Gasteiger partial charge in [0.05, 0.1) is 12.2 Å². The Morgan fingerprint density at radius 1 is 1.28 bits per heavy atom. The zero-order chi connectivity index (χ0) is 20.8. The Morgan fingerprint density at radius 3 is 2.83 bits per heavy atom. The van der Waals surface area contributed by atoms with Crippen LogP contribution in [0.15, 0.2) is 36.7 Å². The third-order valence-corrected chi connectivity index (χ3v) is 5.32. The predicted molar refractivity (Wildman–Crippen MR) is 104 cm³/mol. The Labute approximate surface area is 167 Å². The van der Waals surface area contributed by atoms with Crippen molar-refractivity contribution in [1.82, 2.24) is 24.5 Å². The van der Waals surface area contributed by atoms with Crippen LogP contribution < -0.4 is 0 Å². The zero-order valence-electron chi connectivity index (χ0n) is 16.6. The summed E-state index contributed by atoms with van der Waals surface area (Å²) in [6, 6.07) is 8.96. The van der Waals surface area contributed by atoms with Crippen LogP contribution in [0.25, 0.3) is 5.78 Å². The number of rotatable bonds is 3. The number of carbonyl (C=O) groups excluding carboxylic acids is 1. The number of piperidine rings is 1. The Hall–Kier alpha value is -2.90. The summed E-state index contributed by atoms with van der Waals surface area (Å²) in [5.41, 5.74) is 2.71. The quantitative estimate of drug-likeness (QED) is 0.672. The first-order valence-corrected chi connectivity index (χ1v) is 9.68. The summed E-state index contributed by atoms with van der Waals surface area (Å²) in [4.78, 5) is 22.7. The Bertz CT molecular complexity index is 1060. The van der Waals surface area contributed by atoms with Gasteiger partial charge in [0.15, 0.2) is 0 Å². The van der Waals surface area contributed by atoms with Crippen molar-refractivity contribution in [2.75, 3.05) is 13.1 Å². The summed E-state index contributed by atoms with van der Waals surface area (Å²) in [5, 5.41) is 4.14. The summed E-state index contributed by atoms with van der Waals surface area (Å²) in [5.74, 6) is -3.31. The van der Waals surface area contributed by atoms with Crippen LogP contribution in [0.4, 0.5) is 8.78 Å². The zero-order valence-corrected chi connectivity index (χ0v) is 16.6. The fraction of sp³-hybridized carbons (Fsp3) is 0.429. The lowest BCUT2D eigenvalue weighted by Gasteiger charge is -2.37. The Kier molecular flexibility index (Phi) is 4.80. The molecule has 6 nitrogen and oxygen atoms in total. The maximum atomic E-state index is 14.6. The summed E-state index contributed by atoms with van der Waals surface area (Å²) >= 11 is 0. The number of likely N-dealkylation sites (tertiary alicyclic amines) is 1. The van der Waals surface area contributed by atoms with Crippen LogP contribution in [0.3, 0.4) is 0 Å². The third kappa shape index (κ3) is 3.83. The van der Waals surface area contributed by atoms with Crippen molar-refractivity contribution in [2.24, 2.45) is 0 Å². The van der Waals surface area contributed by atoms with Crippen LogP contribution in [-0.4, -0.2) is 49.4 Å². The number of aromatic nitrogens is 4. The highest BCUT2D eigenvalue weighted by molar-refractivity contribution is 5.94. The molecule has 2 aromatic heterocycles. The van der Waals surface area contributed by atoms with Crippen molar-refractivity contribution in [2.45, 2.75) is 45.0 Å². The van der Waals surface area contributed by atoms with Gasteiger partial charge in [-0.15, -0.1) is 0 Å². The molecule has 1 aliphatic rings. The van der Waals surface area contributed by atoms with Crippen molar-refractivity contribution in [3.8, 4) is 0 Å². The molecule has 1 unspecified atom stereocenters. The number of benzene rings is 1. The van der Waals surface area contributed by atoms with Gasteiger partial charge in [-0.2, -0.15) is 10.1 Å². The molecule has 1 atom stereocenters. The van der Waals surface area contributed by atoms with Gasteiger partial charge < -0.3 is 4.90 Å². The van der Waals surface area contributed by atoms with Crippen molar-refractivity contribution in [3.63, 3.8) is 0 Å². The Balaban J connectivity index is 1.68. The normalized spacial score (nSPS) is 19.1. The number of alkyl halides is 2. The van der Waals surface area contributed by atoms with E-state index < -0.39 is 18.4 Å². The third-order valence-electron chi connectivity index (χ3n) is 5.32. The minimum atomic E-state index is -2.99. The first kappa shape index (κ1) is 19.4. The number of aryl methyl sites for hydroxylation is 1. The smallest absolute Gasteiger partial charge is 0.266 e. The van der Waals surface area contributed by atoms with Crippen LogP contribution in [0, 0.1) is 6.92 Å². The molecule has 0 bridgehead atoms. The van der Waals surface area contributed by atoms with Gasteiger partial charge in [-0.1, -0.05) is 26.0 Å². The summed E-state index contributed by atoms with van der Waals surface area (Å²) < 4.78 is 30.8. The largest absolute Gasteiger partial charge is 0.332 e.